The Labute approximate surface area is 420 Å². The molecule has 0 saturated carbocycles. The first-order chi connectivity index (χ1) is 30.8. The van der Waals surface area contributed by atoms with Gasteiger partial charge in [0.25, 0.3) is 0 Å². The third kappa shape index (κ3) is 16.2. The maximum Gasteiger partial charge on any atom is 0.121 e. The number of aromatic amines is 4. The van der Waals surface area contributed by atoms with Crippen molar-refractivity contribution >= 4 is 94.6 Å². The summed E-state index contributed by atoms with van der Waals surface area (Å²) in [5.74, 6) is 3.86. The summed E-state index contributed by atoms with van der Waals surface area (Å²) in [5, 5.41) is 0. The third-order valence-corrected chi connectivity index (χ3v) is 9.75. The van der Waals surface area contributed by atoms with Gasteiger partial charge in [0.1, 0.15) is 23.3 Å². The number of halogens is 5. The zero-order valence-electron chi connectivity index (χ0n) is 34.0. The molecule has 0 spiro atoms. The second kappa shape index (κ2) is 27.1. The summed E-state index contributed by atoms with van der Waals surface area (Å²) in [5.41, 5.74) is 10.8. The molecular formula is C47H46Cl5Mn3N10. The largest absolute Gasteiger partial charge is 0.341 e. The number of imidazole rings is 4. The third-order valence-electron chi connectivity index (χ3n) is 9.75. The maximum atomic E-state index is 4.91. The van der Waals surface area contributed by atoms with Crippen molar-refractivity contribution in [3.8, 4) is 0 Å². The summed E-state index contributed by atoms with van der Waals surface area (Å²) >= 11 is -1.47. The molecular weight excluding hydrogens is 1050 g/mol. The van der Waals surface area contributed by atoms with Gasteiger partial charge in [-0.15, -0.1) is 0 Å². The normalized spacial score (nSPS) is 11.0. The minimum atomic E-state index is -1.48. The van der Waals surface area contributed by atoms with Crippen LogP contribution in [0, 0.1) is 0 Å². The van der Waals surface area contributed by atoms with Crippen molar-refractivity contribution in [2.75, 3.05) is 0 Å². The molecule has 6 aromatic carbocycles. The van der Waals surface area contributed by atoms with Crippen LogP contribution in [0.25, 0.3) is 44.1 Å². The van der Waals surface area contributed by atoms with Gasteiger partial charge in [0.15, 0.2) is 0 Å². The van der Waals surface area contributed by atoms with Crippen LogP contribution in [0.3, 0.4) is 0 Å². The Kier molecular flexibility index (Phi) is 21.7. The van der Waals surface area contributed by atoms with Gasteiger partial charge >= 0.3 is 74.8 Å². The summed E-state index contributed by atoms with van der Waals surface area (Å²) in [6, 6.07) is 53.6. The molecule has 4 heterocycles. The minimum Gasteiger partial charge on any atom is -0.341 e. The Morgan fingerprint density at radius 3 is 0.831 bits per heavy atom. The van der Waals surface area contributed by atoms with Crippen molar-refractivity contribution in [3.05, 3.63) is 192 Å². The molecule has 0 fully saturated rings. The van der Waals surface area contributed by atoms with Gasteiger partial charge in [-0.25, -0.2) is 19.9 Å². The van der Waals surface area contributed by atoms with E-state index in [0.29, 0.717) is 0 Å². The second-order valence-electron chi connectivity index (χ2n) is 14.3. The van der Waals surface area contributed by atoms with Gasteiger partial charge < -0.3 is 19.9 Å². The first-order valence-corrected chi connectivity index (χ1v) is 27.8. The molecule has 10 nitrogen and oxygen atoms in total. The monoisotopic (exact) mass is 1090 g/mol. The summed E-state index contributed by atoms with van der Waals surface area (Å²) in [7, 11) is 24.3. The Balaban J connectivity index is 0.000000208. The summed E-state index contributed by atoms with van der Waals surface area (Å²) in [4.78, 5) is 37.5. The van der Waals surface area contributed by atoms with Crippen LogP contribution in [0.15, 0.2) is 158 Å². The van der Waals surface area contributed by atoms with Crippen LogP contribution in [0.2, 0.25) is 0 Å². The van der Waals surface area contributed by atoms with Crippen molar-refractivity contribution in [2.24, 2.45) is 0 Å². The SMILES string of the molecule is C.[Cl][Mn]([Cl])[Cl].[Cl][Mn][Cl].[Mn].c1ccc(CN(Cc2nc3ccccc3[nH]2)Cc2nc3ccccc3[nH]2)cc1.c1ccc(CN(Cc2nc3ccccc3[nH]2)Cc2nc3ccccc3[nH]2)cc1. The van der Waals surface area contributed by atoms with Gasteiger partial charge in [-0.05, 0) is 59.7 Å². The van der Waals surface area contributed by atoms with Crippen molar-refractivity contribution in [3.63, 3.8) is 0 Å². The molecule has 340 valence electrons. The number of rotatable bonds is 12. The number of fused-ring (bicyclic) bond motifs is 4. The Hall–Kier alpha value is -3.87. The van der Waals surface area contributed by atoms with Gasteiger partial charge in [-0.2, -0.15) is 0 Å². The van der Waals surface area contributed by atoms with Crippen molar-refractivity contribution in [1.29, 1.82) is 0 Å². The summed E-state index contributed by atoms with van der Waals surface area (Å²) in [6.45, 7) is 4.55. The molecule has 0 unspecified atom stereocenters. The van der Waals surface area contributed by atoms with Crippen molar-refractivity contribution < 1.29 is 41.4 Å². The second-order valence-corrected chi connectivity index (χ2v) is 22.1. The number of aromatic nitrogens is 8. The molecule has 0 bridgehead atoms. The van der Waals surface area contributed by atoms with E-state index >= 15 is 0 Å². The zero-order valence-corrected chi connectivity index (χ0v) is 41.3. The molecule has 0 aliphatic carbocycles. The van der Waals surface area contributed by atoms with Crippen LogP contribution in [0.4, 0.5) is 0 Å². The first-order valence-electron chi connectivity index (χ1n) is 19.7. The standard InChI is InChI=1S/2C23H21N5.CH4.5ClH.3Mn/c2*1-2-8-17(9-3-1)14-28(15-22-24-18-10-4-5-11-19(18)25-22)16-23-26-20-12-6-7-13-21(20)27-23;;;;;;;;;/h2*1-13H,14-16H2,(H,24,25)(H,26,27);1H4;5*1H;;;/q;;;;;;;;;+2;+3/p-5. The zero-order chi connectivity index (χ0) is 43.8. The van der Waals surface area contributed by atoms with Crippen LogP contribution < -0.4 is 0 Å². The molecule has 0 aliphatic heterocycles. The molecule has 4 aromatic heterocycles. The molecule has 65 heavy (non-hydrogen) atoms. The van der Waals surface area contributed by atoms with Gasteiger partial charge in [-0.1, -0.05) is 117 Å². The predicted octanol–water partition coefficient (Wildman–Crippen LogP) is 13.4. The molecule has 10 aromatic rings. The Morgan fingerprint density at radius 2 is 0.600 bits per heavy atom. The van der Waals surface area contributed by atoms with Crippen molar-refractivity contribution in [2.45, 2.75) is 46.7 Å². The number of H-pyrrole nitrogens is 4. The van der Waals surface area contributed by atoms with E-state index in [0.717, 1.165) is 107 Å². The van der Waals surface area contributed by atoms with Crippen LogP contribution in [0.5, 0.6) is 0 Å². The van der Waals surface area contributed by atoms with Gasteiger partial charge in [0.05, 0.1) is 70.3 Å². The Bertz CT molecular complexity index is 2430. The van der Waals surface area contributed by atoms with Crippen molar-refractivity contribution in [1.82, 2.24) is 49.7 Å². The van der Waals surface area contributed by atoms with E-state index in [9.17, 15) is 0 Å². The summed E-state index contributed by atoms with van der Waals surface area (Å²) in [6.07, 6.45) is 0. The Morgan fingerprint density at radius 1 is 0.385 bits per heavy atom. The van der Waals surface area contributed by atoms with E-state index in [4.69, 9.17) is 70.4 Å². The smallest absolute Gasteiger partial charge is 0.121 e. The predicted molar refractivity (Wildman–Crippen MR) is 259 cm³/mol. The fourth-order valence-corrected chi connectivity index (χ4v) is 7.19. The maximum absolute atomic E-state index is 4.91. The number of benzene rings is 6. The first kappa shape index (κ1) is 52.1. The van der Waals surface area contributed by atoms with E-state index in [1.807, 2.05) is 84.9 Å². The van der Waals surface area contributed by atoms with E-state index in [2.05, 4.69) is 103 Å². The number of hydrogen-bond acceptors (Lipinski definition) is 6. The van der Waals surface area contributed by atoms with E-state index < -0.39 is 11.2 Å². The fourth-order valence-electron chi connectivity index (χ4n) is 7.19. The van der Waals surface area contributed by atoms with E-state index in [1.165, 1.54) is 11.1 Å². The topological polar surface area (TPSA) is 121 Å². The molecule has 18 heteroatoms. The molecule has 0 saturated heterocycles. The molecule has 0 amide bonds. The number of hydrogen-bond donors (Lipinski definition) is 4. The number of nitrogens with one attached hydrogen (secondary N) is 4. The average molecular weight is 1090 g/mol. The molecule has 0 atom stereocenters. The quantitative estimate of drug-likeness (QED) is 0.0905. The van der Waals surface area contributed by atoms with Crippen LogP contribution in [-0.2, 0) is 80.6 Å². The molecule has 4 N–H and O–H groups in total. The van der Waals surface area contributed by atoms with Gasteiger partial charge in [-0.3, -0.25) is 9.80 Å². The van der Waals surface area contributed by atoms with Crippen LogP contribution in [0.1, 0.15) is 41.9 Å². The molecule has 10 rings (SSSR count). The minimum absolute atomic E-state index is 0. The van der Waals surface area contributed by atoms with Crippen LogP contribution >= 0.6 is 50.5 Å². The molecule has 0 aliphatic rings. The van der Waals surface area contributed by atoms with E-state index in [1.54, 1.807) is 0 Å². The van der Waals surface area contributed by atoms with Crippen LogP contribution in [-0.4, -0.2) is 49.7 Å². The average Bonchev–Trinajstić information content (AvgIpc) is 4.08. The summed E-state index contributed by atoms with van der Waals surface area (Å²) < 4.78 is 0. The van der Waals surface area contributed by atoms with E-state index in [-0.39, 0.29) is 37.6 Å². The fraction of sp³-hybridized carbons (Fsp3) is 0.149. The number of nitrogens with zero attached hydrogens (tertiary/aromatic N) is 6. The number of para-hydroxylation sites is 8. The van der Waals surface area contributed by atoms with Gasteiger partial charge in [0.2, 0.25) is 0 Å². The van der Waals surface area contributed by atoms with Gasteiger partial charge in [0, 0.05) is 30.2 Å². The molecule has 1 radical (unpaired) electrons.